The molecule has 0 heterocycles. The molecule has 1 aliphatic carbocycles. The van der Waals surface area contributed by atoms with E-state index in [1.165, 1.54) is 25.7 Å². The fourth-order valence-electron chi connectivity index (χ4n) is 2.45. The van der Waals surface area contributed by atoms with E-state index in [-0.39, 0.29) is 0 Å². The second-order valence-electron chi connectivity index (χ2n) is 4.68. The molecule has 1 fully saturated rings. The van der Waals surface area contributed by atoms with Crippen molar-refractivity contribution in [2.75, 3.05) is 20.0 Å². The van der Waals surface area contributed by atoms with Crippen molar-refractivity contribution >= 4 is 10.8 Å². The molecular formula is C14H20O3S. The number of ether oxygens (including phenoxy) is 2. The molecule has 18 heavy (non-hydrogen) atoms. The van der Waals surface area contributed by atoms with Gasteiger partial charge in [-0.25, -0.2) is 0 Å². The second-order valence-corrected chi connectivity index (χ2v) is 6.18. The summed E-state index contributed by atoms with van der Waals surface area (Å²) < 4.78 is 22.7. The van der Waals surface area contributed by atoms with Crippen LogP contribution in [0.25, 0.3) is 0 Å². The molecule has 1 atom stereocenters. The molecular weight excluding hydrogens is 248 g/mol. The monoisotopic (exact) mass is 268 g/mol. The SMILES string of the molecule is COc1ccc(S(=O)CC2CCCC2)cc1OC. The van der Waals surface area contributed by atoms with Gasteiger partial charge in [0.2, 0.25) is 0 Å². The standard InChI is InChI=1S/C14H20O3S/c1-16-13-8-7-12(9-14(13)17-2)18(15)10-11-5-3-4-6-11/h7-9,11H,3-6,10H2,1-2H3. The Kier molecular flexibility index (Phi) is 4.64. The lowest BCUT2D eigenvalue weighted by Crippen LogP contribution is -2.08. The maximum absolute atomic E-state index is 12.3. The molecule has 0 spiro atoms. The molecule has 0 amide bonds. The summed E-state index contributed by atoms with van der Waals surface area (Å²) in [6, 6.07) is 5.51. The highest BCUT2D eigenvalue weighted by molar-refractivity contribution is 7.85. The van der Waals surface area contributed by atoms with E-state index >= 15 is 0 Å². The fraction of sp³-hybridized carbons (Fsp3) is 0.571. The lowest BCUT2D eigenvalue weighted by Gasteiger charge is -2.11. The van der Waals surface area contributed by atoms with Crippen LogP contribution in [0.3, 0.4) is 0 Å². The first-order valence-corrected chi connectivity index (χ1v) is 7.67. The van der Waals surface area contributed by atoms with Crippen molar-refractivity contribution in [3.63, 3.8) is 0 Å². The molecule has 1 aliphatic rings. The van der Waals surface area contributed by atoms with Gasteiger partial charge in [0.1, 0.15) is 0 Å². The van der Waals surface area contributed by atoms with Crippen molar-refractivity contribution in [2.45, 2.75) is 30.6 Å². The van der Waals surface area contributed by atoms with Crippen LogP contribution in [0.1, 0.15) is 25.7 Å². The first-order chi connectivity index (χ1) is 8.74. The van der Waals surface area contributed by atoms with Gasteiger partial charge in [0.25, 0.3) is 0 Å². The van der Waals surface area contributed by atoms with Crippen LogP contribution in [-0.4, -0.2) is 24.2 Å². The summed E-state index contributed by atoms with van der Waals surface area (Å²) in [6.07, 6.45) is 5.01. The van der Waals surface area contributed by atoms with E-state index in [1.54, 1.807) is 14.2 Å². The zero-order valence-electron chi connectivity index (χ0n) is 11.0. The molecule has 0 bridgehead atoms. The highest BCUT2D eigenvalue weighted by Crippen LogP contribution is 2.31. The number of hydrogen-bond donors (Lipinski definition) is 0. The van der Waals surface area contributed by atoms with Gasteiger partial charge in [-0.15, -0.1) is 0 Å². The minimum atomic E-state index is -0.931. The van der Waals surface area contributed by atoms with Crippen molar-refractivity contribution in [1.29, 1.82) is 0 Å². The number of methoxy groups -OCH3 is 2. The zero-order valence-corrected chi connectivity index (χ0v) is 11.8. The van der Waals surface area contributed by atoms with E-state index in [0.29, 0.717) is 17.4 Å². The third kappa shape index (κ3) is 3.05. The molecule has 0 aliphatic heterocycles. The Hall–Kier alpha value is -1.03. The van der Waals surface area contributed by atoms with Crippen LogP contribution in [0.4, 0.5) is 0 Å². The molecule has 4 heteroatoms. The van der Waals surface area contributed by atoms with Crippen LogP contribution < -0.4 is 9.47 Å². The van der Waals surface area contributed by atoms with E-state index in [9.17, 15) is 4.21 Å². The minimum Gasteiger partial charge on any atom is -0.493 e. The van der Waals surface area contributed by atoms with Crippen molar-refractivity contribution in [1.82, 2.24) is 0 Å². The molecule has 100 valence electrons. The highest BCUT2D eigenvalue weighted by atomic mass is 32.2. The number of benzene rings is 1. The Bertz CT molecular complexity index is 425. The van der Waals surface area contributed by atoms with E-state index in [4.69, 9.17) is 9.47 Å². The van der Waals surface area contributed by atoms with Gasteiger partial charge in [-0.1, -0.05) is 12.8 Å². The smallest absolute Gasteiger partial charge is 0.161 e. The molecule has 1 saturated carbocycles. The number of rotatable bonds is 5. The van der Waals surface area contributed by atoms with Crippen LogP contribution >= 0.6 is 0 Å². The van der Waals surface area contributed by atoms with E-state index in [1.807, 2.05) is 18.2 Å². The second kappa shape index (κ2) is 6.23. The first-order valence-electron chi connectivity index (χ1n) is 6.35. The molecule has 1 aromatic rings. The van der Waals surface area contributed by atoms with Gasteiger partial charge in [-0.2, -0.15) is 0 Å². The van der Waals surface area contributed by atoms with Crippen LogP contribution in [0.2, 0.25) is 0 Å². The third-order valence-electron chi connectivity index (χ3n) is 3.48. The molecule has 0 aromatic heterocycles. The summed E-state index contributed by atoms with van der Waals surface area (Å²) in [5.41, 5.74) is 0. The van der Waals surface area contributed by atoms with Crippen molar-refractivity contribution < 1.29 is 13.7 Å². The summed E-state index contributed by atoms with van der Waals surface area (Å²) >= 11 is 0. The van der Waals surface area contributed by atoms with Crippen molar-refractivity contribution in [2.24, 2.45) is 5.92 Å². The van der Waals surface area contributed by atoms with Crippen LogP contribution in [0.5, 0.6) is 11.5 Å². The quantitative estimate of drug-likeness (QED) is 0.823. The Balaban J connectivity index is 2.09. The van der Waals surface area contributed by atoms with E-state index in [2.05, 4.69) is 0 Å². The molecule has 0 saturated heterocycles. The van der Waals surface area contributed by atoms with Gasteiger partial charge >= 0.3 is 0 Å². The Morgan fingerprint density at radius 3 is 2.44 bits per heavy atom. The summed E-state index contributed by atoms with van der Waals surface area (Å²) in [7, 11) is 2.27. The van der Waals surface area contributed by atoms with Gasteiger partial charge in [0.05, 0.1) is 25.0 Å². The Labute approximate surface area is 111 Å². The predicted octanol–water partition coefficient (Wildman–Crippen LogP) is 3.00. The maximum Gasteiger partial charge on any atom is 0.161 e. The predicted molar refractivity (Wildman–Crippen MR) is 72.8 cm³/mol. The summed E-state index contributed by atoms with van der Waals surface area (Å²) in [5, 5.41) is 0. The van der Waals surface area contributed by atoms with Gasteiger partial charge in [-0.3, -0.25) is 4.21 Å². The van der Waals surface area contributed by atoms with E-state index < -0.39 is 10.8 Å². The van der Waals surface area contributed by atoms with Crippen LogP contribution in [0, 0.1) is 5.92 Å². The highest BCUT2D eigenvalue weighted by Gasteiger charge is 2.19. The fourth-order valence-corrected chi connectivity index (χ4v) is 3.86. The van der Waals surface area contributed by atoms with Crippen LogP contribution in [0.15, 0.2) is 23.1 Å². The van der Waals surface area contributed by atoms with Crippen LogP contribution in [-0.2, 0) is 10.8 Å². The van der Waals surface area contributed by atoms with E-state index in [0.717, 1.165) is 10.6 Å². The van der Waals surface area contributed by atoms with Crippen molar-refractivity contribution in [3.8, 4) is 11.5 Å². The van der Waals surface area contributed by atoms with Gasteiger partial charge < -0.3 is 9.47 Å². The van der Waals surface area contributed by atoms with Gasteiger partial charge in [0.15, 0.2) is 11.5 Å². The van der Waals surface area contributed by atoms with Gasteiger partial charge in [-0.05, 0) is 30.9 Å². The lowest BCUT2D eigenvalue weighted by atomic mass is 10.1. The first kappa shape index (κ1) is 13.4. The molecule has 1 aromatic carbocycles. The molecule has 2 rings (SSSR count). The Morgan fingerprint density at radius 2 is 1.83 bits per heavy atom. The normalized spacial score (nSPS) is 17.7. The zero-order chi connectivity index (χ0) is 13.0. The maximum atomic E-state index is 12.3. The largest absolute Gasteiger partial charge is 0.493 e. The average Bonchev–Trinajstić information content (AvgIpc) is 2.90. The summed E-state index contributed by atoms with van der Waals surface area (Å²) in [5.74, 6) is 2.72. The topological polar surface area (TPSA) is 35.5 Å². The summed E-state index contributed by atoms with van der Waals surface area (Å²) in [4.78, 5) is 0.833. The lowest BCUT2D eigenvalue weighted by molar-refractivity contribution is 0.354. The number of hydrogen-bond acceptors (Lipinski definition) is 3. The molecule has 0 radical (unpaired) electrons. The van der Waals surface area contributed by atoms with Gasteiger partial charge in [0, 0.05) is 16.7 Å². The molecule has 0 N–H and O–H groups in total. The summed E-state index contributed by atoms with van der Waals surface area (Å²) in [6.45, 7) is 0. The van der Waals surface area contributed by atoms with Crippen molar-refractivity contribution in [3.05, 3.63) is 18.2 Å². The molecule has 3 nitrogen and oxygen atoms in total. The molecule has 1 unspecified atom stereocenters. The Morgan fingerprint density at radius 1 is 1.17 bits per heavy atom. The minimum absolute atomic E-state index is 0.624. The third-order valence-corrected chi connectivity index (χ3v) is 5.03. The average molecular weight is 268 g/mol.